The third kappa shape index (κ3) is 6.80. The van der Waals surface area contributed by atoms with E-state index in [1.54, 1.807) is 0 Å². The molecular formula is C9H18FNO3. The molecule has 0 saturated carbocycles. The summed E-state index contributed by atoms with van der Waals surface area (Å²) in [5.74, 6) is -0.761. The van der Waals surface area contributed by atoms with Crippen molar-refractivity contribution in [2.75, 3.05) is 20.0 Å². The number of aliphatic carboxylic acids is 1. The van der Waals surface area contributed by atoms with Crippen LogP contribution in [0.5, 0.6) is 0 Å². The summed E-state index contributed by atoms with van der Waals surface area (Å²) < 4.78 is 16.2. The molecule has 0 aliphatic rings. The largest absolute Gasteiger partial charge is 0.481 e. The van der Waals surface area contributed by atoms with Crippen LogP contribution >= 0.6 is 0 Å². The van der Waals surface area contributed by atoms with Crippen molar-refractivity contribution in [2.24, 2.45) is 17.6 Å². The van der Waals surface area contributed by atoms with Crippen LogP contribution in [0.4, 0.5) is 4.39 Å². The number of alkyl halides is 1. The van der Waals surface area contributed by atoms with Gasteiger partial charge in [0.05, 0.1) is 6.61 Å². The number of carboxylic acid groups (broad SMARTS) is 1. The van der Waals surface area contributed by atoms with Gasteiger partial charge in [0.1, 0.15) is 0 Å². The number of hydrogen-bond acceptors (Lipinski definition) is 3. The fraction of sp³-hybridized carbons (Fsp3) is 0.889. The molecule has 0 bridgehead atoms. The van der Waals surface area contributed by atoms with Crippen LogP contribution in [0.3, 0.4) is 0 Å². The fourth-order valence-corrected chi connectivity index (χ4v) is 1.39. The van der Waals surface area contributed by atoms with Crippen LogP contribution < -0.4 is 5.73 Å². The smallest absolute Gasteiger partial charge is 0.303 e. The third-order valence-corrected chi connectivity index (χ3v) is 2.01. The molecule has 3 N–H and O–H groups in total. The molecule has 0 rings (SSSR count). The molecule has 1 unspecified atom stereocenters. The molecule has 2 atom stereocenters. The fourth-order valence-electron chi connectivity index (χ4n) is 1.39. The van der Waals surface area contributed by atoms with Gasteiger partial charge in [0, 0.05) is 6.42 Å². The topological polar surface area (TPSA) is 72.5 Å². The van der Waals surface area contributed by atoms with Crippen molar-refractivity contribution in [3.8, 4) is 0 Å². The van der Waals surface area contributed by atoms with E-state index in [9.17, 15) is 9.18 Å². The van der Waals surface area contributed by atoms with Crippen LogP contribution in [0.1, 0.15) is 19.8 Å². The van der Waals surface area contributed by atoms with Crippen molar-refractivity contribution in [1.29, 1.82) is 0 Å². The lowest BCUT2D eigenvalue weighted by Gasteiger charge is -2.17. The first-order chi connectivity index (χ1) is 6.60. The zero-order valence-corrected chi connectivity index (χ0v) is 8.41. The minimum absolute atomic E-state index is 0.0503. The average molecular weight is 207 g/mol. The summed E-state index contributed by atoms with van der Waals surface area (Å²) in [5.41, 5.74) is 5.42. The Balaban J connectivity index is 3.73. The first kappa shape index (κ1) is 13.3. The van der Waals surface area contributed by atoms with Gasteiger partial charge >= 0.3 is 5.97 Å². The Bertz CT molecular complexity index is 166. The van der Waals surface area contributed by atoms with Gasteiger partial charge in [-0.1, -0.05) is 6.92 Å². The summed E-state index contributed by atoms with van der Waals surface area (Å²) in [7, 11) is 0. The second kappa shape index (κ2) is 7.70. The second-order valence-corrected chi connectivity index (χ2v) is 3.52. The molecule has 4 nitrogen and oxygen atoms in total. The van der Waals surface area contributed by atoms with E-state index in [0.29, 0.717) is 19.6 Å². The van der Waals surface area contributed by atoms with E-state index in [1.807, 2.05) is 6.92 Å². The normalized spacial score (nSPS) is 15.1. The van der Waals surface area contributed by atoms with Crippen LogP contribution in [0, 0.1) is 11.8 Å². The molecule has 0 aromatic carbocycles. The molecule has 0 aromatic rings. The molecular weight excluding hydrogens is 189 g/mol. The Labute approximate surface area is 83.2 Å². The summed E-state index contributed by atoms with van der Waals surface area (Å²) in [4.78, 5) is 10.4. The summed E-state index contributed by atoms with van der Waals surface area (Å²) in [6, 6.07) is 0. The van der Waals surface area contributed by atoms with Crippen molar-refractivity contribution in [1.82, 2.24) is 0 Å². The molecule has 0 amide bonds. The van der Waals surface area contributed by atoms with Gasteiger partial charge in [-0.15, -0.1) is 0 Å². The number of rotatable bonds is 8. The Hall–Kier alpha value is -0.680. The number of nitrogens with two attached hydrogens (primary N) is 1. The number of carbonyl (C=O) groups is 1. The Morgan fingerprint density at radius 3 is 2.71 bits per heavy atom. The van der Waals surface area contributed by atoms with Gasteiger partial charge in [-0.3, -0.25) is 4.79 Å². The van der Waals surface area contributed by atoms with Gasteiger partial charge in [-0.25, -0.2) is 4.39 Å². The van der Waals surface area contributed by atoms with Crippen molar-refractivity contribution < 1.29 is 19.0 Å². The highest BCUT2D eigenvalue weighted by atomic mass is 19.1. The molecule has 0 aliphatic carbocycles. The van der Waals surface area contributed by atoms with Crippen LogP contribution in [-0.4, -0.2) is 31.1 Å². The maximum absolute atomic E-state index is 11.6. The minimum atomic E-state index is -0.848. The summed E-state index contributed by atoms with van der Waals surface area (Å²) >= 11 is 0. The van der Waals surface area contributed by atoms with Crippen molar-refractivity contribution in [2.45, 2.75) is 19.8 Å². The number of carboxylic acids is 1. The highest BCUT2D eigenvalue weighted by molar-refractivity contribution is 5.67. The predicted octanol–water partition coefficient (Wildman–Crippen LogP) is 1.01. The van der Waals surface area contributed by atoms with Gasteiger partial charge in [0.2, 0.25) is 0 Å². The van der Waals surface area contributed by atoms with Crippen molar-refractivity contribution in [3.63, 3.8) is 0 Å². The highest BCUT2D eigenvalue weighted by Gasteiger charge is 2.15. The van der Waals surface area contributed by atoms with E-state index in [1.165, 1.54) is 0 Å². The molecule has 84 valence electrons. The van der Waals surface area contributed by atoms with E-state index in [2.05, 4.69) is 4.74 Å². The van der Waals surface area contributed by atoms with Gasteiger partial charge in [-0.05, 0) is 24.8 Å². The van der Waals surface area contributed by atoms with Crippen LogP contribution in [0.2, 0.25) is 0 Å². The lowest BCUT2D eigenvalue weighted by molar-refractivity contribution is -0.138. The first-order valence-corrected chi connectivity index (χ1v) is 4.65. The second-order valence-electron chi connectivity index (χ2n) is 3.52. The molecule has 0 aromatic heterocycles. The van der Waals surface area contributed by atoms with E-state index in [0.717, 1.165) is 0 Å². The van der Waals surface area contributed by atoms with E-state index < -0.39 is 12.8 Å². The van der Waals surface area contributed by atoms with E-state index in [4.69, 9.17) is 10.8 Å². The van der Waals surface area contributed by atoms with Gasteiger partial charge in [-0.2, -0.15) is 0 Å². The minimum Gasteiger partial charge on any atom is -0.481 e. The molecule has 0 fully saturated rings. The lowest BCUT2D eigenvalue weighted by atomic mass is 9.94. The number of halogens is 1. The molecule has 0 radical (unpaired) electrons. The van der Waals surface area contributed by atoms with E-state index >= 15 is 0 Å². The summed E-state index contributed by atoms with van der Waals surface area (Å²) in [6.07, 6.45) is 0.721. The zero-order valence-electron chi connectivity index (χ0n) is 8.41. The molecule has 0 aliphatic heterocycles. The Morgan fingerprint density at radius 1 is 1.64 bits per heavy atom. The van der Waals surface area contributed by atoms with Crippen LogP contribution in [0.25, 0.3) is 0 Å². The Kier molecular flexibility index (Phi) is 7.32. The lowest BCUT2D eigenvalue weighted by Crippen LogP contribution is -2.22. The third-order valence-electron chi connectivity index (χ3n) is 2.01. The summed E-state index contributed by atoms with van der Waals surface area (Å²) in [5, 5.41) is 8.56. The SMILES string of the molecule is CC(COCF)C[C@H](CN)CC(=O)O. The maximum Gasteiger partial charge on any atom is 0.303 e. The molecule has 5 heteroatoms. The van der Waals surface area contributed by atoms with E-state index in [-0.39, 0.29) is 18.3 Å². The summed E-state index contributed by atoms with van der Waals surface area (Å²) in [6.45, 7) is 1.75. The Morgan fingerprint density at radius 2 is 2.29 bits per heavy atom. The van der Waals surface area contributed by atoms with Gasteiger partial charge in [0.25, 0.3) is 0 Å². The van der Waals surface area contributed by atoms with Crippen LogP contribution in [0.15, 0.2) is 0 Å². The molecule has 14 heavy (non-hydrogen) atoms. The van der Waals surface area contributed by atoms with Crippen molar-refractivity contribution in [3.05, 3.63) is 0 Å². The standard InChI is InChI=1S/C9H18FNO3/c1-7(5-14-6-10)2-8(4-11)3-9(12)13/h7-8H,2-6,11H2,1H3,(H,12,13)/t7?,8-/m0/s1. The van der Waals surface area contributed by atoms with Crippen molar-refractivity contribution >= 4 is 5.97 Å². The molecule has 0 spiro atoms. The quantitative estimate of drug-likeness (QED) is 0.623. The average Bonchev–Trinajstić information content (AvgIpc) is 2.12. The molecule has 0 heterocycles. The first-order valence-electron chi connectivity index (χ1n) is 4.65. The molecule has 0 saturated heterocycles. The number of hydrogen-bond donors (Lipinski definition) is 2. The maximum atomic E-state index is 11.6. The van der Waals surface area contributed by atoms with Gasteiger partial charge < -0.3 is 15.6 Å². The van der Waals surface area contributed by atoms with Gasteiger partial charge in [0.15, 0.2) is 6.86 Å². The van der Waals surface area contributed by atoms with Crippen LogP contribution in [-0.2, 0) is 9.53 Å². The highest BCUT2D eigenvalue weighted by Crippen LogP contribution is 2.15. The predicted molar refractivity (Wildman–Crippen MR) is 50.5 cm³/mol. The monoisotopic (exact) mass is 207 g/mol. The zero-order chi connectivity index (χ0) is 11.0. The number of ether oxygens (including phenoxy) is 1.